The van der Waals surface area contributed by atoms with Crippen molar-refractivity contribution in [2.45, 2.75) is 31.1 Å². The van der Waals surface area contributed by atoms with Crippen molar-refractivity contribution in [3.63, 3.8) is 0 Å². The molecule has 1 saturated heterocycles. The third-order valence-electron chi connectivity index (χ3n) is 4.06. The summed E-state index contributed by atoms with van der Waals surface area (Å²) in [5, 5.41) is 18.9. The van der Waals surface area contributed by atoms with Crippen molar-refractivity contribution >= 4 is 58.7 Å². The average molecular weight is 396 g/mol. The van der Waals surface area contributed by atoms with Gasteiger partial charge in [-0.25, -0.2) is 0 Å². The van der Waals surface area contributed by atoms with Crippen LogP contribution in [0.25, 0.3) is 0 Å². The number of rotatable bonds is 8. The number of carbonyl (C=O) groups excluding carboxylic acids is 2. The first-order valence-electron chi connectivity index (χ1n) is 8.18. The van der Waals surface area contributed by atoms with E-state index in [1.54, 1.807) is 0 Å². The Labute approximate surface area is 182 Å². The number of amides is 2. The maximum atomic E-state index is 12.6. The van der Waals surface area contributed by atoms with Gasteiger partial charge in [-0.15, -0.1) is 11.3 Å². The van der Waals surface area contributed by atoms with Gasteiger partial charge in [0.1, 0.15) is 18.1 Å². The number of benzene rings is 1. The van der Waals surface area contributed by atoms with E-state index in [1.807, 2.05) is 47.8 Å². The molecule has 1 aromatic carbocycles. The summed E-state index contributed by atoms with van der Waals surface area (Å²) in [5.41, 5.74) is 0.905. The number of hydrogen-bond acceptors (Lipinski definition) is 5. The van der Waals surface area contributed by atoms with Gasteiger partial charge in [0.25, 0.3) is 0 Å². The van der Waals surface area contributed by atoms with Crippen LogP contribution in [0.5, 0.6) is 0 Å². The van der Waals surface area contributed by atoms with E-state index in [0.717, 1.165) is 10.4 Å². The molecule has 0 bridgehead atoms. The molecular formula is C18H19N3NaO4S. The van der Waals surface area contributed by atoms with Gasteiger partial charge in [-0.3, -0.25) is 19.7 Å². The van der Waals surface area contributed by atoms with Gasteiger partial charge in [-0.1, -0.05) is 36.4 Å². The van der Waals surface area contributed by atoms with E-state index in [9.17, 15) is 14.4 Å². The Bertz CT molecular complexity index is 785. The number of aliphatic carboxylic acids is 1. The molecule has 137 valence electrons. The van der Waals surface area contributed by atoms with Crippen molar-refractivity contribution in [1.29, 1.82) is 0 Å². The zero-order chi connectivity index (χ0) is 18.5. The van der Waals surface area contributed by atoms with Crippen molar-refractivity contribution in [3.05, 3.63) is 58.3 Å². The van der Waals surface area contributed by atoms with Gasteiger partial charge in [0, 0.05) is 40.9 Å². The maximum Gasteiger partial charge on any atom is 0.322 e. The molecule has 4 N–H and O–H groups in total. The quantitative estimate of drug-likeness (QED) is 0.374. The zero-order valence-corrected chi connectivity index (χ0v) is 17.7. The van der Waals surface area contributed by atoms with Crippen molar-refractivity contribution in [2.24, 2.45) is 0 Å². The molecule has 7 nitrogen and oxygen atoms in total. The third kappa shape index (κ3) is 6.15. The number of hydrogen-bond donors (Lipinski definition) is 4. The molecule has 2 amide bonds. The summed E-state index contributed by atoms with van der Waals surface area (Å²) in [5.74, 6) is -1.86. The predicted molar refractivity (Wildman–Crippen MR) is 102 cm³/mol. The van der Waals surface area contributed by atoms with Crippen LogP contribution in [0.15, 0.2) is 47.8 Å². The Balaban J connectivity index is 0.00000261. The molecular weight excluding hydrogens is 377 g/mol. The van der Waals surface area contributed by atoms with Crippen LogP contribution < -0.4 is 16.0 Å². The number of nitrogens with one attached hydrogen (secondary N) is 3. The van der Waals surface area contributed by atoms with Crippen molar-refractivity contribution in [2.75, 3.05) is 0 Å². The van der Waals surface area contributed by atoms with E-state index in [1.165, 1.54) is 11.3 Å². The Morgan fingerprint density at radius 3 is 2.44 bits per heavy atom. The molecule has 27 heavy (non-hydrogen) atoms. The molecule has 9 heteroatoms. The first-order valence-corrected chi connectivity index (χ1v) is 9.06. The fourth-order valence-electron chi connectivity index (χ4n) is 2.61. The summed E-state index contributed by atoms with van der Waals surface area (Å²) in [4.78, 5) is 36.7. The van der Waals surface area contributed by atoms with Gasteiger partial charge < -0.3 is 15.7 Å². The standard InChI is InChI=1S/C18H19N3O4S.Na/c22-16(19-10-12-7-4-8-26-12)13(9-11-5-2-1-3-6-11)20-17(23)14-15(21-14)18(24)25;/h1-8,13-15,21H,9-10H2,(H,19,22)(H,20,23)(H,24,25);/t13-,14-,15-;/m0./s1. The molecule has 0 saturated carbocycles. The summed E-state index contributed by atoms with van der Waals surface area (Å²) < 4.78 is 0. The predicted octanol–water partition coefficient (Wildman–Crippen LogP) is 0.136. The van der Waals surface area contributed by atoms with Gasteiger partial charge in [0.2, 0.25) is 11.8 Å². The third-order valence-corrected chi connectivity index (χ3v) is 4.94. The monoisotopic (exact) mass is 396 g/mol. The van der Waals surface area contributed by atoms with Crippen LogP contribution in [0.3, 0.4) is 0 Å². The molecule has 1 aliphatic rings. The second kappa shape index (κ2) is 10.0. The first kappa shape index (κ1) is 21.6. The van der Waals surface area contributed by atoms with Crippen LogP contribution in [0, 0.1) is 0 Å². The average Bonchev–Trinajstić information content (AvgIpc) is 3.29. The van der Waals surface area contributed by atoms with E-state index >= 15 is 0 Å². The normalized spacial score (nSPS) is 18.7. The van der Waals surface area contributed by atoms with E-state index in [0.29, 0.717) is 13.0 Å². The molecule has 1 fully saturated rings. The molecule has 2 heterocycles. The minimum absolute atomic E-state index is 0. The minimum atomic E-state index is -1.08. The largest absolute Gasteiger partial charge is 0.480 e. The van der Waals surface area contributed by atoms with E-state index in [2.05, 4.69) is 16.0 Å². The van der Waals surface area contributed by atoms with Crippen molar-refractivity contribution in [3.8, 4) is 0 Å². The topological polar surface area (TPSA) is 117 Å². The Kier molecular flexibility index (Phi) is 8.00. The maximum absolute atomic E-state index is 12.6. The molecule has 0 unspecified atom stereocenters. The molecule has 1 radical (unpaired) electrons. The summed E-state index contributed by atoms with van der Waals surface area (Å²) in [6, 6.07) is 10.7. The summed E-state index contributed by atoms with van der Waals surface area (Å²) in [6.45, 7) is 0.386. The number of thiophene rings is 1. The van der Waals surface area contributed by atoms with Gasteiger partial charge in [-0.05, 0) is 17.0 Å². The van der Waals surface area contributed by atoms with Gasteiger partial charge in [-0.2, -0.15) is 0 Å². The van der Waals surface area contributed by atoms with Crippen LogP contribution in [0.4, 0.5) is 0 Å². The van der Waals surface area contributed by atoms with Crippen molar-refractivity contribution < 1.29 is 19.5 Å². The summed E-state index contributed by atoms with van der Waals surface area (Å²) in [6.07, 6.45) is 0.327. The number of carboxylic acid groups (broad SMARTS) is 1. The molecule has 0 spiro atoms. The molecule has 2 aromatic rings. The Morgan fingerprint density at radius 1 is 1.11 bits per heavy atom. The van der Waals surface area contributed by atoms with Crippen LogP contribution in [0.1, 0.15) is 10.4 Å². The second-order valence-electron chi connectivity index (χ2n) is 6.01. The first-order chi connectivity index (χ1) is 12.5. The Morgan fingerprint density at radius 2 is 1.85 bits per heavy atom. The van der Waals surface area contributed by atoms with Crippen LogP contribution >= 0.6 is 11.3 Å². The zero-order valence-electron chi connectivity index (χ0n) is 14.8. The smallest absolute Gasteiger partial charge is 0.322 e. The van der Waals surface area contributed by atoms with Crippen LogP contribution in [0.2, 0.25) is 0 Å². The van der Waals surface area contributed by atoms with Gasteiger partial charge >= 0.3 is 5.97 Å². The van der Waals surface area contributed by atoms with Crippen LogP contribution in [-0.4, -0.2) is 70.6 Å². The number of carbonyl (C=O) groups is 3. The molecule has 1 aromatic heterocycles. The fourth-order valence-corrected chi connectivity index (χ4v) is 3.25. The summed E-state index contributed by atoms with van der Waals surface area (Å²) in [7, 11) is 0. The fraction of sp³-hybridized carbons (Fsp3) is 0.278. The van der Waals surface area contributed by atoms with E-state index < -0.39 is 30.0 Å². The minimum Gasteiger partial charge on any atom is -0.480 e. The SMILES string of the molecule is O=C(NCc1cccs1)[C@H](Cc1ccccc1)NC(=O)[C@H]1N[C@@H]1C(=O)O.[Na]. The number of carboxylic acids is 1. The van der Waals surface area contributed by atoms with E-state index in [-0.39, 0.29) is 35.5 Å². The molecule has 1 aliphatic heterocycles. The molecule has 0 aliphatic carbocycles. The second-order valence-corrected chi connectivity index (χ2v) is 7.04. The molecule has 3 rings (SSSR count). The van der Waals surface area contributed by atoms with Gasteiger partial charge in [0.05, 0.1) is 6.54 Å². The Hall–Kier alpha value is -1.71. The van der Waals surface area contributed by atoms with Crippen molar-refractivity contribution in [1.82, 2.24) is 16.0 Å². The van der Waals surface area contributed by atoms with E-state index in [4.69, 9.17) is 5.11 Å². The van der Waals surface area contributed by atoms with Crippen LogP contribution in [-0.2, 0) is 27.3 Å². The van der Waals surface area contributed by atoms with Gasteiger partial charge in [0.15, 0.2) is 0 Å². The summed E-state index contributed by atoms with van der Waals surface area (Å²) >= 11 is 1.54. The molecule has 3 atom stereocenters.